The summed E-state index contributed by atoms with van der Waals surface area (Å²) in [6.07, 6.45) is 1.59. The summed E-state index contributed by atoms with van der Waals surface area (Å²) >= 11 is 0. The lowest BCUT2D eigenvalue weighted by Crippen LogP contribution is -2.15. The van der Waals surface area contributed by atoms with E-state index in [1.54, 1.807) is 44.9 Å². The van der Waals surface area contributed by atoms with Crippen molar-refractivity contribution >= 4 is 11.6 Å². The summed E-state index contributed by atoms with van der Waals surface area (Å²) < 4.78 is 17.9. The number of fused-ring (bicyclic) bond motifs is 1. The molecule has 0 radical (unpaired) electrons. The van der Waals surface area contributed by atoms with E-state index in [-0.39, 0.29) is 0 Å². The highest BCUT2D eigenvalue weighted by Gasteiger charge is 2.18. The molecule has 3 heterocycles. The third-order valence-electron chi connectivity index (χ3n) is 5.85. The Labute approximate surface area is 208 Å². The van der Waals surface area contributed by atoms with Crippen LogP contribution in [-0.4, -0.2) is 38.9 Å². The first-order valence-corrected chi connectivity index (χ1v) is 11.5. The fourth-order valence-corrected chi connectivity index (χ4v) is 3.88. The standard InChI is InChI=1S/C27H27N5O4/c1-27(2,33)19-10-8-18(9-11-19)20-15-24-30-25(22-6-5-13-36-22)31-32(24)26(29-20)28-16-17-7-12-21(34-3)23(14-17)35-4/h5-15,33H,16H2,1-4H3,(H,28,29). The van der Waals surface area contributed by atoms with Crippen molar-refractivity contribution in [2.24, 2.45) is 0 Å². The van der Waals surface area contributed by atoms with E-state index in [1.807, 2.05) is 54.6 Å². The molecule has 9 heteroatoms. The van der Waals surface area contributed by atoms with Crippen molar-refractivity contribution < 1.29 is 19.0 Å². The number of benzene rings is 2. The van der Waals surface area contributed by atoms with Gasteiger partial charge in [0.1, 0.15) is 0 Å². The van der Waals surface area contributed by atoms with E-state index in [4.69, 9.17) is 18.9 Å². The summed E-state index contributed by atoms with van der Waals surface area (Å²) in [5.41, 5.74) is 3.11. The molecule has 0 aliphatic rings. The van der Waals surface area contributed by atoms with E-state index in [0.29, 0.717) is 41.2 Å². The van der Waals surface area contributed by atoms with Crippen LogP contribution < -0.4 is 14.8 Å². The van der Waals surface area contributed by atoms with Gasteiger partial charge in [-0.25, -0.2) is 9.97 Å². The minimum Gasteiger partial charge on any atom is -0.493 e. The van der Waals surface area contributed by atoms with E-state index in [1.165, 1.54) is 0 Å². The van der Waals surface area contributed by atoms with Crippen LogP contribution in [0.15, 0.2) is 71.3 Å². The average Bonchev–Trinajstić information content (AvgIpc) is 3.56. The lowest BCUT2D eigenvalue weighted by molar-refractivity contribution is 0.0786. The molecule has 0 aliphatic carbocycles. The quantitative estimate of drug-likeness (QED) is 0.319. The predicted molar refractivity (Wildman–Crippen MR) is 136 cm³/mol. The number of aromatic nitrogens is 4. The van der Waals surface area contributed by atoms with Crippen LogP contribution in [0.1, 0.15) is 25.0 Å². The van der Waals surface area contributed by atoms with Gasteiger partial charge in [0.25, 0.3) is 0 Å². The summed E-state index contributed by atoms with van der Waals surface area (Å²) in [6, 6.07) is 18.9. The number of nitrogens with one attached hydrogen (secondary N) is 1. The monoisotopic (exact) mass is 485 g/mol. The first kappa shape index (κ1) is 23.4. The van der Waals surface area contributed by atoms with Crippen molar-refractivity contribution in [2.75, 3.05) is 19.5 Å². The van der Waals surface area contributed by atoms with Gasteiger partial charge in [0, 0.05) is 18.2 Å². The maximum absolute atomic E-state index is 10.3. The minimum absolute atomic E-state index is 0.463. The molecule has 5 aromatic rings. The molecule has 0 atom stereocenters. The van der Waals surface area contributed by atoms with Crippen molar-refractivity contribution in [3.8, 4) is 34.3 Å². The summed E-state index contributed by atoms with van der Waals surface area (Å²) in [4.78, 5) is 9.51. The Kier molecular flexibility index (Phi) is 6.07. The first-order valence-electron chi connectivity index (χ1n) is 11.5. The highest BCUT2D eigenvalue weighted by Crippen LogP contribution is 2.29. The molecule has 0 fully saturated rings. The smallest absolute Gasteiger partial charge is 0.226 e. The van der Waals surface area contributed by atoms with Gasteiger partial charge < -0.3 is 24.3 Å². The van der Waals surface area contributed by atoms with Crippen LogP contribution in [0.3, 0.4) is 0 Å². The van der Waals surface area contributed by atoms with Crippen molar-refractivity contribution in [1.29, 1.82) is 0 Å². The number of hydrogen-bond acceptors (Lipinski definition) is 8. The van der Waals surface area contributed by atoms with Gasteiger partial charge in [-0.1, -0.05) is 30.3 Å². The third-order valence-corrected chi connectivity index (χ3v) is 5.85. The Hall–Kier alpha value is -4.37. The molecule has 2 aromatic carbocycles. The second kappa shape index (κ2) is 9.35. The highest BCUT2D eigenvalue weighted by molar-refractivity contribution is 5.67. The van der Waals surface area contributed by atoms with Gasteiger partial charge in [-0.2, -0.15) is 4.52 Å². The summed E-state index contributed by atoms with van der Waals surface area (Å²) in [6.45, 7) is 3.99. The molecule has 0 saturated heterocycles. The van der Waals surface area contributed by atoms with Crippen molar-refractivity contribution in [3.05, 3.63) is 78.1 Å². The molecular weight excluding hydrogens is 458 g/mol. The SMILES string of the molecule is COc1ccc(CNc2nc(-c3ccc(C(C)(C)O)cc3)cc3nc(-c4ccco4)nn23)cc1OC. The van der Waals surface area contributed by atoms with Gasteiger partial charge in [-0.05, 0) is 49.2 Å². The van der Waals surface area contributed by atoms with Crippen LogP contribution >= 0.6 is 0 Å². The highest BCUT2D eigenvalue weighted by atomic mass is 16.5. The minimum atomic E-state index is -0.924. The van der Waals surface area contributed by atoms with Crippen LogP contribution in [0.2, 0.25) is 0 Å². The molecule has 2 N–H and O–H groups in total. The Morgan fingerprint density at radius 2 is 1.75 bits per heavy atom. The Balaban J connectivity index is 1.54. The summed E-state index contributed by atoms with van der Waals surface area (Å²) in [7, 11) is 3.22. The maximum atomic E-state index is 10.3. The number of nitrogens with zero attached hydrogens (tertiary/aromatic N) is 4. The van der Waals surface area contributed by atoms with Crippen LogP contribution in [0.4, 0.5) is 5.95 Å². The van der Waals surface area contributed by atoms with Crippen LogP contribution in [-0.2, 0) is 12.1 Å². The lowest BCUT2D eigenvalue weighted by Gasteiger charge is -2.18. The number of ether oxygens (including phenoxy) is 2. The number of methoxy groups -OCH3 is 2. The van der Waals surface area contributed by atoms with Crippen molar-refractivity contribution in [2.45, 2.75) is 26.0 Å². The van der Waals surface area contributed by atoms with Crippen molar-refractivity contribution in [3.63, 3.8) is 0 Å². The largest absolute Gasteiger partial charge is 0.493 e. The third kappa shape index (κ3) is 4.60. The Morgan fingerprint density at radius 1 is 0.972 bits per heavy atom. The normalized spacial score (nSPS) is 11.6. The van der Waals surface area contributed by atoms with Gasteiger partial charge >= 0.3 is 0 Å². The first-order chi connectivity index (χ1) is 17.4. The van der Waals surface area contributed by atoms with E-state index < -0.39 is 5.60 Å². The average molecular weight is 486 g/mol. The fraction of sp³-hybridized carbons (Fsp3) is 0.222. The second-order valence-electron chi connectivity index (χ2n) is 8.83. The lowest BCUT2D eigenvalue weighted by atomic mass is 9.97. The number of rotatable bonds is 8. The number of aliphatic hydroxyl groups is 1. The number of furan rings is 1. The van der Waals surface area contributed by atoms with E-state index in [2.05, 4.69) is 15.4 Å². The Morgan fingerprint density at radius 3 is 2.42 bits per heavy atom. The molecule has 36 heavy (non-hydrogen) atoms. The molecule has 5 rings (SSSR count). The molecule has 3 aromatic heterocycles. The van der Waals surface area contributed by atoms with Crippen LogP contribution in [0.25, 0.3) is 28.5 Å². The Bertz CT molecular complexity index is 1490. The second-order valence-corrected chi connectivity index (χ2v) is 8.83. The number of anilines is 1. The van der Waals surface area contributed by atoms with Crippen LogP contribution in [0, 0.1) is 0 Å². The molecule has 0 saturated carbocycles. The van der Waals surface area contributed by atoms with E-state index in [0.717, 1.165) is 22.4 Å². The molecule has 0 aliphatic heterocycles. The van der Waals surface area contributed by atoms with Gasteiger partial charge in [0.05, 0.1) is 31.8 Å². The zero-order valence-corrected chi connectivity index (χ0v) is 20.5. The molecule has 184 valence electrons. The van der Waals surface area contributed by atoms with E-state index in [9.17, 15) is 5.11 Å². The molecule has 0 unspecified atom stereocenters. The summed E-state index contributed by atoms with van der Waals surface area (Å²) in [5.74, 6) is 2.87. The van der Waals surface area contributed by atoms with Gasteiger partial charge in [0.2, 0.25) is 11.8 Å². The molecule has 0 spiro atoms. The maximum Gasteiger partial charge on any atom is 0.226 e. The topological polar surface area (TPSA) is 107 Å². The zero-order valence-electron chi connectivity index (χ0n) is 20.5. The van der Waals surface area contributed by atoms with Gasteiger partial charge in [0.15, 0.2) is 22.9 Å². The number of hydrogen-bond donors (Lipinski definition) is 2. The fourth-order valence-electron chi connectivity index (χ4n) is 3.88. The molecule has 9 nitrogen and oxygen atoms in total. The van der Waals surface area contributed by atoms with Crippen molar-refractivity contribution in [1.82, 2.24) is 19.6 Å². The van der Waals surface area contributed by atoms with Gasteiger partial charge in [-0.3, -0.25) is 0 Å². The molecule has 0 bridgehead atoms. The summed E-state index contributed by atoms with van der Waals surface area (Å²) in [5, 5.41) is 18.3. The predicted octanol–water partition coefficient (Wildman–Crippen LogP) is 4.91. The molecule has 0 amide bonds. The zero-order chi connectivity index (χ0) is 25.3. The molecular formula is C27H27N5O4. The van der Waals surface area contributed by atoms with E-state index >= 15 is 0 Å². The van der Waals surface area contributed by atoms with Gasteiger partial charge in [-0.15, -0.1) is 5.10 Å². The van der Waals surface area contributed by atoms with Crippen LogP contribution in [0.5, 0.6) is 11.5 Å².